The molecule has 0 heterocycles. The van der Waals surface area contributed by atoms with E-state index in [-0.39, 0.29) is 0 Å². The second kappa shape index (κ2) is 23.1. The molecule has 0 unspecified atom stereocenters. The van der Waals surface area contributed by atoms with E-state index in [4.69, 9.17) is 0 Å². The lowest BCUT2D eigenvalue weighted by molar-refractivity contribution is -0.404. The number of nitro groups is 3. The first-order chi connectivity index (χ1) is 38.2. The minimum absolute atomic E-state index is 0.349. The van der Waals surface area contributed by atoms with Crippen LogP contribution >= 0.6 is 0 Å². The van der Waals surface area contributed by atoms with Crippen molar-refractivity contribution in [3.05, 3.63) is 319 Å². The number of nitrogens with zero attached hydrogens (tertiary/aromatic N) is 6. The van der Waals surface area contributed by atoms with Crippen LogP contribution in [-0.2, 0) is 0 Å². The monoisotopic (exact) mass is 1010 g/mol. The highest BCUT2D eigenvalue weighted by atomic mass is 16.6. The SMILES string of the molecule is O=[N+]([O-])c1c(C#Cc2ccc(N(c3ccccc3)c3ccccc3)cc2)c([N+](=O)[O-])c(C#Cc2ccc(N(c3ccccc3)c3ccccc3)cc2)c([N+](=O)[O-])c1C#Cc1ccc(N(c2ccccc2)c2ccccc2)cc1. The molecule has 0 aliphatic carbocycles. The van der Waals surface area contributed by atoms with Crippen molar-refractivity contribution in [1.29, 1.82) is 0 Å². The summed E-state index contributed by atoms with van der Waals surface area (Å²) in [5, 5.41) is 40.0. The second-order valence-electron chi connectivity index (χ2n) is 17.4. The number of anilines is 9. The molecule has 0 spiro atoms. The molecule has 0 bridgehead atoms. The van der Waals surface area contributed by atoms with Crippen LogP contribution in [0.2, 0.25) is 0 Å². The van der Waals surface area contributed by atoms with Crippen LogP contribution in [0.1, 0.15) is 33.4 Å². The van der Waals surface area contributed by atoms with Crippen molar-refractivity contribution >= 4 is 68.2 Å². The van der Waals surface area contributed by atoms with Gasteiger partial charge >= 0.3 is 17.1 Å². The number of rotatable bonds is 12. The fourth-order valence-electron chi connectivity index (χ4n) is 8.90. The molecule has 0 amide bonds. The van der Waals surface area contributed by atoms with Crippen LogP contribution in [0.15, 0.2) is 255 Å². The van der Waals surface area contributed by atoms with Crippen LogP contribution in [-0.4, -0.2) is 14.8 Å². The van der Waals surface area contributed by atoms with E-state index in [0.29, 0.717) is 16.7 Å². The lowest BCUT2D eigenvalue weighted by Crippen LogP contribution is -2.09. The van der Waals surface area contributed by atoms with Gasteiger partial charge in [-0.15, -0.1) is 0 Å². The van der Waals surface area contributed by atoms with Crippen molar-refractivity contribution < 1.29 is 14.8 Å². The molecular weight excluding hydrogens is 973 g/mol. The van der Waals surface area contributed by atoms with Gasteiger partial charge in [0.1, 0.15) is 0 Å². The lowest BCUT2D eigenvalue weighted by Gasteiger charge is -2.25. The van der Waals surface area contributed by atoms with Gasteiger partial charge in [0.05, 0.1) is 14.8 Å². The third-order valence-corrected chi connectivity index (χ3v) is 12.4. The van der Waals surface area contributed by atoms with E-state index >= 15 is 0 Å². The molecule has 0 N–H and O–H groups in total. The van der Waals surface area contributed by atoms with Crippen molar-refractivity contribution in [3.8, 4) is 35.5 Å². The fraction of sp³-hybridized carbons (Fsp3) is 0. The molecule has 0 fully saturated rings. The zero-order chi connectivity index (χ0) is 53.8. The Morgan fingerprint density at radius 2 is 0.397 bits per heavy atom. The highest BCUT2D eigenvalue weighted by Crippen LogP contribution is 2.43. The molecule has 78 heavy (non-hydrogen) atoms. The van der Waals surface area contributed by atoms with Gasteiger partial charge in [-0.05, 0) is 163 Å². The van der Waals surface area contributed by atoms with Crippen LogP contribution in [0, 0.1) is 65.9 Å². The van der Waals surface area contributed by atoms with Gasteiger partial charge in [0.15, 0.2) is 16.7 Å². The Morgan fingerprint density at radius 3 is 0.564 bits per heavy atom. The van der Waals surface area contributed by atoms with Crippen molar-refractivity contribution in [2.24, 2.45) is 0 Å². The first kappa shape index (κ1) is 50.0. The predicted molar refractivity (Wildman–Crippen MR) is 308 cm³/mol. The summed E-state index contributed by atoms with van der Waals surface area (Å²) in [6.45, 7) is 0. The third-order valence-electron chi connectivity index (χ3n) is 12.4. The van der Waals surface area contributed by atoms with Crippen molar-refractivity contribution in [2.45, 2.75) is 0 Å². The minimum atomic E-state index is -1.00. The average molecular weight is 1020 g/mol. The smallest absolute Gasteiger partial charge is 0.311 e. The average Bonchev–Trinajstić information content (AvgIpc) is 3.59. The van der Waals surface area contributed by atoms with Gasteiger partial charge < -0.3 is 14.7 Å². The highest BCUT2D eigenvalue weighted by Gasteiger charge is 2.41. The van der Waals surface area contributed by atoms with Gasteiger partial charge in [0.2, 0.25) is 0 Å². The zero-order valence-corrected chi connectivity index (χ0v) is 41.4. The maximum Gasteiger partial charge on any atom is 0.314 e. The predicted octanol–water partition coefficient (Wildman–Crippen LogP) is 16.0. The van der Waals surface area contributed by atoms with Crippen molar-refractivity contribution in [3.63, 3.8) is 0 Å². The summed E-state index contributed by atoms with van der Waals surface area (Å²) >= 11 is 0. The summed E-state index contributed by atoms with van der Waals surface area (Å²) in [6, 6.07) is 79.3. The molecule has 10 aromatic carbocycles. The molecule has 0 aliphatic heterocycles. The first-order valence-electron chi connectivity index (χ1n) is 24.5. The first-order valence-corrected chi connectivity index (χ1v) is 24.5. The van der Waals surface area contributed by atoms with E-state index < -0.39 is 48.5 Å². The molecule has 10 rings (SSSR count). The number of hydrogen-bond acceptors (Lipinski definition) is 9. The van der Waals surface area contributed by atoms with Gasteiger partial charge in [0, 0.05) is 67.9 Å². The van der Waals surface area contributed by atoms with Crippen LogP contribution in [0.4, 0.5) is 68.2 Å². The van der Waals surface area contributed by atoms with Gasteiger partial charge in [-0.3, -0.25) is 30.3 Å². The van der Waals surface area contributed by atoms with Crippen LogP contribution < -0.4 is 14.7 Å². The molecule has 0 saturated carbocycles. The molecule has 12 nitrogen and oxygen atoms in total. The summed E-state index contributed by atoms with van der Waals surface area (Å²) in [7, 11) is 0. The number of para-hydroxylation sites is 6. The van der Waals surface area contributed by atoms with Gasteiger partial charge in [-0.25, -0.2) is 0 Å². The third kappa shape index (κ3) is 11.0. The summed E-state index contributed by atoms with van der Waals surface area (Å²) in [6.07, 6.45) is 0. The quantitative estimate of drug-likeness (QED) is 0.0665. The van der Waals surface area contributed by atoms with Crippen molar-refractivity contribution in [2.75, 3.05) is 14.7 Å². The Labute approximate surface area is 449 Å². The Bertz CT molecular complexity index is 3430. The topological polar surface area (TPSA) is 139 Å². The molecule has 372 valence electrons. The van der Waals surface area contributed by atoms with E-state index in [2.05, 4.69) is 35.5 Å². The second-order valence-corrected chi connectivity index (χ2v) is 17.4. The number of hydrogen-bond donors (Lipinski definition) is 0. The maximum atomic E-state index is 13.3. The summed E-state index contributed by atoms with van der Waals surface area (Å²) in [5.74, 6) is 16.8. The zero-order valence-electron chi connectivity index (χ0n) is 41.4. The molecule has 0 aliphatic rings. The van der Waals surface area contributed by atoms with Gasteiger partial charge in [-0.1, -0.05) is 127 Å². The Hall–Kier alpha value is -11.5. The van der Waals surface area contributed by atoms with E-state index in [0.717, 1.165) is 51.2 Å². The van der Waals surface area contributed by atoms with E-state index in [1.165, 1.54) is 0 Å². The molecular formula is C66H42N6O6. The summed E-state index contributed by atoms with van der Waals surface area (Å²) in [4.78, 5) is 43.4. The normalized spacial score (nSPS) is 10.3. The Balaban J connectivity index is 1.11. The molecule has 12 heteroatoms. The molecule has 0 atom stereocenters. The van der Waals surface area contributed by atoms with Gasteiger partial charge in [-0.2, -0.15) is 0 Å². The number of benzene rings is 10. The standard InChI is InChI=1S/C66H42N6O6/c73-70(74)64-61(46-37-49-31-40-58(41-32-49)67(52-19-7-1-8-20-52)53-21-9-2-10-22-53)65(71(75)76)63(48-39-51-35-44-60(45-36-51)69(56-27-15-5-16-28-56)57-29-17-6-18-30-57)66(72(77)78)62(64)47-38-50-33-42-59(43-34-50)68(54-23-11-3-12-24-54)55-25-13-4-14-26-55/h1-36,40-45H. The van der Waals surface area contributed by atoms with E-state index in [1.807, 2.05) is 233 Å². The minimum Gasteiger partial charge on any atom is -0.311 e. The number of nitro benzene ring substituents is 3. The maximum absolute atomic E-state index is 13.3. The van der Waals surface area contributed by atoms with Crippen molar-refractivity contribution in [1.82, 2.24) is 0 Å². The highest BCUT2D eigenvalue weighted by molar-refractivity contribution is 5.85. The lowest BCUT2D eigenvalue weighted by atomic mass is 9.96. The van der Waals surface area contributed by atoms with E-state index in [1.54, 1.807) is 36.4 Å². The fourth-order valence-corrected chi connectivity index (χ4v) is 8.90. The summed E-state index contributed by atoms with van der Waals surface area (Å²) in [5.41, 5.74) is 3.56. The largest absolute Gasteiger partial charge is 0.314 e. The summed E-state index contributed by atoms with van der Waals surface area (Å²) < 4.78 is 0. The molecule has 0 saturated heterocycles. The van der Waals surface area contributed by atoms with Crippen LogP contribution in [0.3, 0.4) is 0 Å². The van der Waals surface area contributed by atoms with Crippen LogP contribution in [0.25, 0.3) is 0 Å². The molecule has 10 aromatic rings. The van der Waals surface area contributed by atoms with E-state index in [9.17, 15) is 30.3 Å². The van der Waals surface area contributed by atoms with Crippen LogP contribution in [0.5, 0.6) is 0 Å². The molecule has 0 aromatic heterocycles. The Morgan fingerprint density at radius 1 is 0.231 bits per heavy atom. The molecule has 0 radical (unpaired) electrons. The van der Waals surface area contributed by atoms with Gasteiger partial charge in [0.25, 0.3) is 0 Å². The Kier molecular flexibility index (Phi) is 14.8.